The molecule has 0 fully saturated rings. The largest absolute Gasteiger partial charge is 0.292 e. The maximum absolute atomic E-state index is 13.0. The zero-order chi connectivity index (χ0) is 13.1. The van der Waals surface area contributed by atoms with Crippen molar-refractivity contribution in [2.45, 2.75) is 6.42 Å². The van der Waals surface area contributed by atoms with Gasteiger partial charge in [-0.3, -0.25) is 9.78 Å². The van der Waals surface area contributed by atoms with Crippen LogP contribution in [0.25, 0.3) is 0 Å². The SMILES string of the molecule is O=C(Cc1ccc(F)c(F)c1)c1ccc(Cl)cn1. The molecule has 2 rings (SSSR count). The summed E-state index contributed by atoms with van der Waals surface area (Å²) in [6, 6.07) is 6.40. The summed E-state index contributed by atoms with van der Waals surface area (Å²) in [6.07, 6.45) is 1.33. The van der Waals surface area contributed by atoms with Gasteiger partial charge in [-0.15, -0.1) is 0 Å². The van der Waals surface area contributed by atoms with Crippen molar-refractivity contribution >= 4 is 17.4 Å². The number of halogens is 3. The third-order valence-electron chi connectivity index (χ3n) is 2.36. The predicted molar refractivity (Wildman–Crippen MR) is 63.6 cm³/mol. The third kappa shape index (κ3) is 2.90. The Kier molecular flexibility index (Phi) is 3.67. The number of hydrogen-bond acceptors (Lipinski definition) is 2. The molecule has 2 nitrogen and oxygen atoms in total. The lowest BCUT2D eigenvalue weighted by Crippen LogP contribution is -2.06. The van der Waals surface area contributed by atoms with Crippen molar-refractivity contribution in [3.8, 4) is 0 Å². The van der Waals surface area contributed by atoms with Gasteiger partial charge >= 0.3 is 0 Å². The molecule has 0 unspecified atom stereocenters. The highest BCUT2D eigenvalue weighted by atomic mass is 35.5. The molecular weight excluding hydrogens is 260 g/mol. The van der Waals surface area contributed by atoms with Gasteiger partial charge < -0.3 is 0 Å². The highest BCUT2D eigenvalue weighted by Gasteiger charge is 2.10. The molecule has 0 amide bonds. The Balaban J connectivity index is 2.16. The zero-order valence-corrected chi connectivity index (χ0v) is 9.92. The van der Waals surface area contributed by atoms with Gasteiger partial charge in [-0.05, 0) is 29.8 Å². The number of benzene rings is 1. The number of aromatic nitrogens is 1. The number of rotatable bonds is 3. The van der Waals surface area contributed by atoms with Crippen molar-refractivity contribution in [1.82, 2.24) is 4.98 Å². The van der Waals surface area contributed by atoms with Crippen LogP contribution in [0.2, 0.25) is 5.02 Å². The summed E-state index contributed by atoms with van der Waals surface area (Å²) in [6.45, 7) is 0. The van der Waals surface area contributed by atoms with Gasteiger partial charge in [0.05, 0.1) is 5.02 Å². The molecule has 1 aromatic heterocycles. The molecule has 1 heterocycles. The van der Waals surface area contributed by atoms with E-state index in [2.05, 4.69) is 4.98 Å². The van der Waals surface area contributed by atoms with Gasteiger partial charge in [-0.25, -0.2) is 8.78 Å². The normalized spacial score (nSPS) is 10.4. The van der Waals surface area contributed by atoms with Crippen molar-refractivity contribution in [2.75, 3.05) is 0 Å². The fourth-order valence-electron chi connectivity index (χ4n) is 1.47. The first kappa shape index (κ1) is 12.6. The monoisotopic (exact) mass is 267 g/mol. The summed E-state index contributed by atoms with van der Waals surface area (Å²) in [7, 11) is 0. The lowest BCUT2D eigenvalue weighted by atomic mass is 10.1. The molecule has 0 aliphatic heterocycles. The smallest absolute Gasteiger partial charge is 0.185 e. The maximum atomic E-state index is 13.0. The number of carbonyl (C=O) groups is 1. The molecule has 0 radical (unpaired) electrons. The van der Waals surface area contributed by atoms with E-state index >= 15 is 0 Å². The first-order chi connectivity index (χ1) is 8.56. The van der Waals surface area contributed by atoms with E-state index in [9.17, 15) is 13.6 Å². The lowest BCUT2D eigenvalue weighted by Gasteiger charge is -2.02. The van der Waals surface area contributed by atoms with Crippen LogP contribution in [-0.2, 0) is 6.42 Å². The third-order valence-corrected chi connectivity index (χ3v) is 2.59. The van der Waals surface area contributed by atoms with Gasteiger partial charge in [-0.2, -0.15) is 0 Å². The maximum Gasteiger partial charge on any atom is 0.185 e. The minimum absolute atomic E-state index is 0.0359. The number of hydrogen-bond donors (Lipinski definition) is 0. The highest BCUT2D eigenvalue weighted by Crippen LogP contribution is 2.12. The Bertz CT molecular complexity index is 584. The molecule has 0 saturated heterocycles. The summed E-state index contributed by atoms with van der Waals surface area (Å²) in [5.41, 5.74) is 0.639. The van der Waals surface area contributed by atoms with Crippen LogP contribution in [0, 0.1) is 11.6 Å². The Morgan fingerprint density at radius 1 is 1.17 bits per heavy atom. The summed E-state index contributed by atoms with van der Waals surface area (Å²) in [5.74, 6) is -2.18. The minimum Gasteiger partial charge on any atom is -0.292 e. The molecule has 0 saturated carbocycles. The van der Waals surface area contributed by atoms with Crippen LogP contribution in [0.5, 0.6) is 0 Å². The van der Waals surface area contributed by atoms with Crippen LogP contribution in [0.1, 0.15) is 16.1 Å². The average Bonchev–Trinajstić information content (AvgIpc) is 2.34. The van der Waals surface area contributed by atoms with Crippen molar-refractivity contribution in [2.24, 2.45) is 0 Å². The molecule has 5 heteroatoms. The predicted octanol–water partition coefficient (Wildman–Crippen LogP) is 3.44. The fourth-order valence-corrected chi connectivity index (χ4v) is 1.58. The first-order valence-electron chi connectivity index (χ1n) is 5.15. The molecule has 2 aromatic rings. The van der Waals surface area contributed by atoms with E-state index in [4.69, 9.17) is 11.6 Å². The highest BCUT2D eigenvalue weighted by molar-refractivity contribution is 6.30. The molecule has 0 aliphatic carbocycles. The van der Waals surface area contributed by atoms with Crippen molar-refractivity contribution in [1.29, 1.82) is 0 Å². The Labute approximate surface area is 107 Å². The topological polar surface area (TPSA) is 30.0 Å². The molecular formula is C13H8ClF2NO. The van der Waals surface area contributed by atoms with Crippen LogP contribution >= 0.6 is 11.6 Å². The summed E-state index contributed by atoms with van der Waals surface area (Å²) < 4.78 is 25.7. The van der Waals surface area contributed by atoms with Crippen molar-refractivity contribution < 1.29 is 13.6 Å². The quantitative estimate of drug-likeness (QED) is 0.798. The molecule has 0 N–H and O–H groups in total. The van der Waals surface area contributed by atoms with E-state index in [0.29, 0.717) is 10.6 Å². The van der Waals surface area contributed by atoms with Crippen LogP contribution in [0.15, 0.2) is 36.5 Å². The van der Waals surface area contributed by atoms with Gasteiger partial charge in [0.25, 0.3) is 0 Å². The van der Waals surface area contributed by atoms with E-state index < -0.39 is 11.6 Å². The fraction of sp³-hybridized carbons (Fsp3) is 0.0769. The standard InChI is InChI=1S/C13H8ClF2NO/c14-9-2-4-12(17-7-9)13(18)6-8-1-3-10(15)11(16)5-8/h1-5,7H,6H2. The number of nitrogens with zero attached hydrogens (tertiary/aromatic N) is 1. The second-order valence-electron chi connectivity index (χ2n) is 3.71. The van der Waals surface area contributed by atoms with Crippen LogP contribution in [0.4, 0.5) is 8.78 Å². The van der Waals surface area contributed by atoms with Crippen molar-refractivity contribution in [3.63, 3.8) is 0 Å². The van der Waals surface area contributed by atoms with Gasteiger partial charge in [0.2, 0.25) is 0 Å². The lowest BCUT2D eigenvalue weighted by molar-refractivity contribution is 0.0988. The number of Topliss-reactive ketones (excluding diaryl/α,β-unsaturated/α-hetero) is 1. The Morgan fingerprint density at radius 2 is 1.94 bits per heavy atom. The molecule has 0 atom stereocenters. The number of carbonyl (C=O) groups excluding carboxylic acids is 1. The summed E-state index contributed by atoms with van der Waals surface area (Å²) >= 11 is 5.65. The van der Waals surface area contributed by atoms with Crippen LogP contribution < -0.4 is 0 Å². The van der Waals surface area contributed by atoms with E-state index in [0.717, 1.165) is 12.1 Å². The van der Waals surface area contributed by atoms with Gasteiger partial charge in [0, 0.05) is 12.6 Å². The Hall–Kier alpha value is -1.81. The van der Waals surface area contributed by atoms with E-state index in [1.807, 2.05) is 0 Å². The van der Waals surface area contributed by atoms with Crippen LogP contribution in [-0.4, -0.2) is 10.8 Å². The molecule has 0 aliphatic rings. The molecule has 0 spiro atoms. The second-order valence-corrected chi connectivity index (χ2v) is 4.15. The van der Waals surface area contributed by atoms with Gasteiger partial charge in [0.15, 0.2) is 17.4 Å². The first-order valence-corrected chi connectivity index (χ1v) is 5.53. The zero-order valence-electron chi connectivity index (χ0n) is 9.16. The van der Waals surface area contributed by atoms with E-state index in [1.165, 1.54) is 18.3 Å². The molecule has 0 bridgehead atoms. The summed E-state index contributed by atoms with van der Waals surface area (Å²) in [5, 5.41) is 0.430. The van der Waals surface area contributed by atoms with Crippen molar-refractivity contribution in [3.05, 3.63) is 64.4 Å². The molecule has 1 aromatic carbocycles. The van der Waals surface area contributed by atoms with E-state index in [1.54, 1.807) is 6.07 Å². The average molecular weight is 268 g/mol. The Morgan fingerprint density at radius 3 is 2.56 bits per heavy atom. The van der Waals surface area contributed by atoms with Gasteiger partial charge in [-0.1, -0.05) is 17.7 Å². The second kappa shape index (κ2) is 5.23. The van der Waals surface area contributed by atoms with Gasteiger partial charge in [0.1, 0.15) is 5.69 Å². The van der Waals surface area contributed by atoms with E-state index in [-0.39, 0.29) is 17.9 Å². The van der Waals surface area contributed by atoms with Crippen LogP contribution in [0.3, 0.4) is 0 Å². The summed E-state index contributed by atoms with van der Waals surface area (Å²) in [4.78, 5) is 15.7. The number of pyridine rings is 1. The minimum atomic E-state index is -0.968. The molecule has 18 heavy (non-hydrogen) atoms. The molecule has 92 valence electrons. The number of ketones is 1.